The van der Waals surface area contributed by atoms with Crippen LogP contribution in [0.25, 0.3) is 0 Å². The van der Waals surface area contributed by atoms with Crippen LogP contribution in [0, 0.1) is 0 Å². The molecule has 0 spiro atoms. The normalized spacial score (nSPS) is 23.4. The van der Waals surface area contributed by atoms with E-state index < -0.39 is 0 Å². The lowest BCUT2D eigenvalue weighted by Crippen LogP contribution is -2.14. The maximum atomic E-state index is 5.92. The maximum absolute atomic E-state index is 5.92. The zero-order valence-corrected chi connectivity index (χ0v) is 10.4. The first-order valence-electron chi connectivity index (χ1n) is 6.55. The fraction of sp³-hybridized carbons (Fsp3) is 0.400. The average molecular weight is 242 g/mol. The first kappa shape index (κ1) is 11.5. The van der Waals surface area contributed by atoms with Crippen LogP contribution in [0.3, 0.4) is 0 Å². The summed E-state index contributed by atoms with van der Waals surface area (Å²) in [5.74, 6) is 1.29. The SMILES string of the molecule is NC1CC[C@H](c2nc(Cc3ccccc3)co2)C1. The topological polar surface area (TPSA) is 52.0 Å². The van der Waals surface area contributed by atoms with Crippen LogP contribution < -0.4 is 5.73 Å². The molecule has 0 aliphatic heterocycles. The number of rotatable bonds is 3. The van der Waals surface area contributed by atoms with Gasteiger partial charge in [0.15, 0.2) is 5.89 Å². The quantitative estimate of drug-likeness (QED) is 0.900. The molecule has 1 unspecified atom stereocenters. The molecule has 1 aliphatic carbocycles. The van der Waals surface area contributed by atoms with Crippen molar-refractivity contribution < 1.29 is 4.42 Å². The first-order chi connectivity index (χ1) is 8.81. The second-order valence-corrected chi connectivity index (χ2v) is 5.11. The highest BCUT2D eigenvalue weighted by atomic mass is 16.3. The number of oxazole rings is 1. The number of benzene rings is 1. The van der Waals surface area contributed by atoms with E-state index in [1.54, 1.807) is 6.26 Å². The molecule has 1 aromatic heterocycles. The summed E-state index contributed by atoms with van der Waals surface area (Å²) in [7, 11) is 0. The van der Waals surface area contributed by atoms with Gasteiger partial charge in [-0.2, -0.15) is 0 Å². The smallest absolute Gasteiger partial charge is 0.197 e. The molecule has 3 nitrogen and oxygen atoms in total. The molecule has 2 atom stereocenters. The summed E-state index contributed by atoms with van der Waals surface area (Å²) in [5.41, 5.74) is 8.20. The molecule has 1 aliphatic rings. The van der Waals surface area contributed by atoms with Crippen molar-refractivity contribution in [3.05, 3.63) is 53.7 Å². The van der Waals surface area contributed by atoms with E-state index in [0.717, 1.165) is 37.3 Å². The predicted octanol–water partition coefficient (Wildman–Crippen LogP) is 2.86. The van der Waals surface area contributed by atoms with Gasteiger partial charge >= 0.3 is 0 Å². The molecule has 1 aromatic carbocycles. The van der Waals surface area contributed by atoms with E-state index in [0.29, 0.717) is 12.0 Å². The van der Waals surface area contributed by atoms with E-state index >= 15 is 0 Å². The third-order valence-corrected chi connectivity index (χ3v) is 3.62. The molecule has 18 heavy (non-hydrogen) atoms. The summed E-state index contributed by atoms with van der Waals surface area (Å²) in [6.45, 7) is 0. The summed E-state index contributed by atoms with van der Waals surface area (Å²) >= 11 is 0. The molecule has 3 rings (SSSR count). The third-order valence-electron chi connectivity index (χ3n) is 3.62. The molecule has 0 amide bonds. The van der Waals surface area contributed by atoms with Crippen LogP contribution in [0.1, 0.15) is 42.3 Å². The number of nitrogens with zero attached hydrogens (tertiary/aromatic N) is 1. The summed E-state index contributed by atoms with van der Waals surface area (Å²) in [6, 6.07) is 10.7. The van der Waals surface area contributed by atoms with Gasteiger partial charge in [-0.3, -0.25) is 0 Å². The lowest BCUT2D eigenvalue weighted by Gasteiger charge is -2.02. The Morgan fingerprint density at radius 3 is 2.78 bits per heavy atom. The van der Waals surface area contributed by atoms with Crippen molar-refractivity contribution in [2.45, 2.75) is 37.6 Å². The Kier molecular flexibility index (Phi) is 3.15. The minimum absolute atomic E-state index is 0.319. The number of aromatic nitrogens is 1. The van der Waals surface area contributed by atoms with Gasteiger partial charge in [0.1, 0.15) is 6.26 Å². The van der Waals surface area contributed by atoms with Gasteiger partial charge in [-0.05, 0) is 24.8 Å². The Hall–Kier alpha value is -1.61. The van der Waals surface area contributed by atoms with Gasteiger partial charge in [-0.1, -0.05) is 30.3 Å². The van der Waals surface area contributed by atoms with Crippen molar-refractivity contribution >= 4 is 0 Å². The fourth-order valence-corrected chi connectivity index (χ4v) is 2.64. The first-order valence-corrected chi connectivity index (χ1v) is 6.55. The lowest BCUT2D eigenvalue weighted by atomic mass is 10.1. The van der Waals surface area contributed by atoms with E-state index in [2.05, 4.69) is 17.1 Å². The van der Waals surface area contributed by atoms with Crippen molar-refractivity contribution in [2.75, 3.05) is 0 Å². The number of nitrogens with two attached hydrogens (primary N) is 1. The predicted molar refractivity (Wildman–Crippen MR) is 70.3 cm³/mol. The molecular formula is C15H18N2O. The lowest BCUT2D eigenvalue weighted by molar-refractivity contribution is 0.446. The highest BCUT2D eigenvalue weighted by Gasteiger charge is 2.26. The van der Waals surface area contributed by atoms with Crippen LogP contribution in [0.15, 0.2) is 41.0 Å². The summed E-state index contributed by atoms with van der Waals surface area (Å²) < 4.78 is 5.60. The summed E-state index contributed by atoms with van der Waals surface area (Å²) in [6.07, 6.45) is 5.81. The number of hydrogen-bond acceptors (Lipinski definition) is 3. The van der Waals surface area contributed by atoms with E-state index in [-0.39, 0.29) is 0 Å². The van der Waals surface area contributed by atoms with Gasteiger partial charge in [-0.25, -0.2) is 4.98 Å². The van der Waals surface area contributed by atoms with E-state index in [1.807, 2.05) is 18.2 Å². The standard InChI is InChI=1S/C15H18N2O/c16-13-7-6-12(9-13)15-17-14(10-18-15)8-11-4-2-1-3-5-11/h1-5,10,12-13H,6-9,16H2/t12-,13?/m0/s1. The molecule has 0 saturated heterocycles. The van der Waals surface area contributed by atoms with E-state index in [4.69, 9.17) is 10.2 Å². The van der Waals surface area contributed by atoms with Gasteiger partial charge in [0.05, 0.1) is 5.69 Å². The Labute approximate surface area is 107 Å². The van der Waals surface area contributed by atoms with Crippen molar-refractivity contribution in [3.8, 4) is 0 Å². The van der Waals surface area contributed by atoms with Crippen LogP contribution >= 0.6 is 0 Å². The van der Waals surface area contributed by atoms with Crippen molar-refractivity contribution in [2.24, 2.45) is 5.73 Å². The second-order valence-electron chi connectivity index (χ2n) is 5.11. The molecule has 3 heteroatoms. The van der Waals surface area contributed by atoms with E-state index in [9.17, 15) is 0 Å². The highest BCUT2D eigenvalue weighted by Crippen LogP contribution is 2.33. The molecule has 1 saturated carbocycles. The Morgan fingerprint density at radius 2 is 2.06 bits per heavy atom. The Balaban J connectivity index is 1.70. The molecule has 2 aromatic rings. The molecule has 0 radical (unpaired) electrons. The molecule has 94 valence electrons. The van der Waals surface area contributed by atoms with Crippen molar-refractivity contribution in [1.82, 2.24) is 4.98 Å². The number of hydrogen-bond donors (Lipinski definition) is 1. The van der Waals surface area contributed by atoms with Crippen LogP contribution in [0.2, 0.25) is 0 Å². The zero-order chi connectivity index (χ0) is 12.4. The van der Waals surface area contributed by atoms with Crippen molar-refractivity contribution in [1.29, 1.82) is 0 Å². The van der Waals surface area contributed by atoms with Crippen molar-refractivity contribution in [3.63, 3.8) is 0 Å². The zero-order valence-electron chi connectivity index (χ0n) is 10.4. The Morgan fingerprint density at radius 1 is 1.22 bits per heavy atom. The third kappa shape index (κ3) is 2.46. The monoisotopic (exact) mass is 242 g/mol. The van der Waals surface area contributed by atoms with Crippen LogP contribution in [-0.4, -0.2) is 11.0 Å². The second kappa shape index (κ2) is 4.94. The Bertz CT molecular complexity index is 506. The highest BCUT2D eigenvalue weighted by molar-refractivity contribution is 5.20. The molecule has 2 N–H and O–H groups in total. The molecule has 1 heterocycles. The average Bonchev–Trinajstić information content (AvgIpc) is 2.99. The maximum Gasteiger partial charge on any atom is 0.197 e. The van der Waals surface area contributed by atoms with Gasteiger partial charge in [0.2, 0.25) is 0 Å². The molecular weight excluding hydrogens is 224 g/mol. The van der Waals surface area contributed by atoms with Crippen LogP contribution in [0.5, 0.6) is 0 Å². The van der Waals surface area contributed by atoms with Gasteiger partial charge in [0, 0.05) is 18.4 Å². The summed E-state index contributed by atoms with van der Waals surface area (Å²) in [4.78, 5) is 4.60. The minimum Gasteiger partial charge on any atom is -0.448 e. The molecule has 0 bridgehead atoms. The largest absolute Gasteiger partial charge is 0.448 e. The van der Waals surface area contributed by atoms with Crippen LogP contribution in [0.4, 0.5) is 0 Å². The minimum atomic E-state index is 0.319. The van der Waals surface area contributed by atoms with Gasteiger partial charge in [0.25, 0.3) is 0 Å². The molecule has 1 fully saturated rings. The van der Waals surface area contributed by atoms with Gasteiger partial charge < -0.3 is 10.2 Å². The van der Waals surface area contributed by atoms with Crippen LogP contribution in [-0.2, 0) is 6.42 Å². The van der Waals surface area contributed by atoms with E-state index in [1.165, 1.54) is 5.56 Å². The summed E-state index contributed by atoms with van der Waals surface area (Å²) in [5, 5.41) is 0. The fourth-order valence-electron chi connectivity index (χ4n) is 2.64. The van der Waals surface area contributed by atoms with Gasteiger partial charge in [-0.15, -0.1) is 0 Å².